The number of nitrogens with one attached hydrogen (secondary N) is 1. The lowest BCUT2D eigenvalue weighted by atomic mass is 10.2. The summed E-state index contributed by atoms with van der Waals surface area (Å²) in [5.74, 6) is 0.784. The Kier molecular flexibility index (Phi) is 3.08. The van der Waals surface area contributed by atoms with E-state index < -0.39 is 0 Å². The average Bonchev–Trinajstić information content (AvgIpc) is 3.09. The van der Waals surface area contributed by atoms with Gasteiger partial charge in [-0.2, -0.15) is 5.10 Å². The molecule has 3 aromatic rings. The molecule has 3 aromatic heterocycles. The molecule has 1 N–H and O–H groups in total. The van der Waals surface area contributed by atoms with Crippen LogP contribution in [-0.2, 0) is 12.8 Å². The fraction of sp³-hybridized carbons (Fsp3) is 0.200. The number of hydrogen-bond acceptors (Lipinski definition) is 6. The molecule has 0 saturated carbocycles. The van der Waals surface area contributed by atoms with Crippen molar-refractivity contribution in [3.63, 3.8) is 0 Å². The molecule has 0 bridgehead atoms. The molecule has 0 radical (unpaired) electrons. The van der Waals surface area contributed by atoms with Crippen LogP contribution in [0.3, 0.4) is 0 Å². The Balaban J connectivity index is 1.66. The van der Waals surface area contributed by atoms with Crippen LogP contribution in [0.5, 0.6) is 0 Å². The van der Waals surface area contributed by atoms with Crippen LogP contribution >= 0.6 is 11.3 Å². The molecule has 5 nitrogen and oxygen atoms in total. The molecule has 0 saturated heterocycles. The third-order valence-electron chi connectivity index (χ3n) is 3.56. The lowest BCUT2D eigenvalue weighted by Gasteiger charge is -2.02. The van der Waals surface area contributed by atoms with Crippen molar-refractivity contribution < 1.29 is 0 Å². The summed E-state index contributed by atoms with van der Waals surface area (Å²) in [6, 6.07) is 5.72. The topological polar surface area (TPSA) is 63.1 Å². The molecule has 3 heterocycles. The molecule has 0 amide bonds. The summed E-state index contributed by atoms with van der Waals surface area (Å²) in [5, 5.41) is 5.38. The van der Waals surface area contributed by atoms with Crippen LogP contribution in [0, 0.1) is 0 Å². The number of nitrogens with zero attached hydrogens (tertiary/aromatic N) is 4. The molecule has 21 heavy (non-hydrogen) atoms. The highest BCUT2D eigenvalue weighted by Crippen LogP contribution is 2.38. The van der Waals surface area contributed by atoms with Crippen LogP contribution < -0.4 is 5.43 Å². The van der Waals surface area contributed by atoms with Gasteiger partial charge in [0, 0.05) is 11.1 Å². The van der Waals surface area contributed by atoms with Crippen LogP contribution in [-0.4, -0.2) is 21.2 Å². The molecule has 0 unspecified atom stereocenters. The summed E-state index contributed by atoms with van der Waals surface area (Å²) in [6.07, 6.45) is 8.53. The first-order valence-electron chi connectivity index (χ1n) is 6.87. The average molecular weight is 295 g/mol. The van der Waals surface area contributed by atoms with Crippen LogP contribution in [0.1, 0.15) is 22.6 Å². The summed E-state index contributed by atoms with van der Waals surface area (Å²) in [4.78, 5) is 15.4. The number of hydrogen-bond donors (Lipinski definition) is 1. The third kappa shape index (κ3) is 2.27. The third-order valence-corrected chi connectivity index (χ3v) is 4.76. The highest BCUT2D eigenvalue weighted by Gasteiger charge is 2.20. The zero-order chi connectivity index (χ0) is 14.1. The smallest absolute Gasteiger partial charge is 0.158 e. The maximum atomic E-state index is 4.37. The van der Waals surface area contributed by atoms with Gasteiger partial charge in [-0.15, -0.1) is 11.3 Å². The first kappa shape index (κ1) is 12.4. The normalized spacial score (nSPS) is 13.9. The highest BCUT2D eigenvalue weighted by atomic mass is 32.1. The minimum atomic E-state index is 0.784. The number of rotatable bonds is 3. The second-order valence-electron chi connectivity index (χ2n) is 4.88. The first-order valence-corrected chi connectivity index (χ1v) is 7.69. The van der Waals surface area contributed by atoms with Crippen LogP contribution in [0.2, 0.25) is 0 Å². The first-order chi connectivity index (χ1) is 10.4. The summed E-state index contributed by atoms with van der Waals surface area (Å²) in [7, 11) is 0. The van der Waals surface area contributed by atoms with Gasteiger partial charge in [0.1, 0.15) is 11.2 Å². The Labute approximate surface area is 125 Å². The van der Waals surface area contributed by atoms with Crippen molar-refractivity contribution in [3.05, 3.63) is 46.9 Å². The second-order valence-corrected chi connectivity index (χ2v) is 5.97. The van der Waals surface area contributed by atoms with Crippen molar-refractivity contribution >= 4 is 33.6 Å². The van der Waals surface area contributed by atoms with Gasteiger partial charge in [0.15, 0.2) is 5.82 Å². The Morgan fingerprint density at radius 3 is 3.10 bits per heavy atom. The number of pyridine rings is 1. The summed E-state index contributed by atoms with van der Waals surface area (Å²) >= 11 is 1.78. The number of aromatic nitrogens is 3. The second kappa shape index (κ2) is 5.21. The van der Waals surface area contributed by atoms with Crippen molar-refractivity contribution in [2.45, 2.75) is 19.3 Å². The van der Waals surface area contributed by atoms with Crippen LogP contribution in [0.15, 0.2) is 35.8 Å². The number of hydrazone groups is 1. The van der Waals surface area contributed by atoms with Gasteiger partial charge in [0.25, 0.3) is 0 Å². The van der Waals surface area contributed by atoms with E-state index in [1.807, 2.05) is 18.2 Å². The van der Waals surface area contributed by atoms with Gasteiger partial charge in [0.05, 0.1) is 17.3 Å². The molecule has 1 aliphatic carbocycles. The molecule has 4 rings (SSSR count). The molecule has 0 aromatic carbocycles. The van der Waals surface area contributed by atoms with Gasteiger partial charge in [-0.1, -0.05) is 6.07 Å². The molecule has 104 valence electrons. The van der Waals surface area contributed by atoms with Gasteiger partial charge in [-0.25, -0.2) is 9.97 Å². The van der Waals surface area contributed by atoms with E-state index in [2.05, 4.69) is 25.5 Å². The summed E-state index contributed by atoms with van der Waals surface area (Å²) in [5.41, 5.74) is 5.24. The monoisotopic (exact) mass is 295 g/mol. The molecule has 0 atom stereocenters. The molecule has 6 heteroatoms. The van der Waals surface area contributed by atoms with E-state index in [4.69, 9.17) is 0 Å². The highest BCUT2D eigenvalue weighted by molar-refractivity contribution is 7.19. The molecule has 0 aliphatic heterocycles. The van der Waals surface area contributed by atoms with E-state index in [1.165, 1.54) is 16.9 Å². The molecule has 0 fully saturated rings. The molecular formula is C15H13N5S. The van der Waals surface area contributed by atoms with Crippen molar-refractivity contribution in [3.8, 4) is 0 Å². The fourth-order valence-electron chi connectivity index (χ4n) is 2.63. The minimum Gasteiger partial charge on any atom is -0.261 e. The van der Waals surface area contributed by atoms with Gasteiger partial charge < -0.3 is 0 Å². The molecular weight excluding hydrogens is 282 g/mol. The zero-order valence-corrected chi connectivity index (χ0v) is 12.1. The van der Waals surface area contributed by atoms with E-state index in [9.17, 15) is 0 Å². The quantitative estimate of drug-likeness (QED) is 0.596. The maximum absolute atomic E-state index is 4.37. The Hall–Kier alpha value is -2.34. The Bertz CT molecular complexity index is 810. The van der Waals surface area contributed by atoms with Gasteiger partial charge in [-0.05, 0) is 37.0 Å². The van der Waals surface area contributed by atoms with E-state index in [0.717, 1.165) is 34.6 Å². The molecule has 1 aliphatic rings. The van der Waals surface area contributed by atoms with Crippen molar-refractivity contribution in [2.24, 2.45) is 5.10 Å². The SMILES string of the molecule is C(=N/Nc1ncnc2sc3c(c12)CCC3)/c1ccccn1. The van der Waals surface area contributed by atoms with Crippen LogP contribution in [0.25, 0.3) is 10.2 Å². The Morgan fingerprint density at radius 2 is 2.19 bits per heavy atom. The lowest BCUT2D eigenvalue weighted by Crippen LogP contribution is -1.96. The fourth-order valence-corrected chi connectivity index (χ4v) is 3.85. The van der Waals surface area contributed by atoms with E-state index in [-0.39, 0.29) is 0 Å². The van der Waals surface area contributed by atoms with Crippen molar-refractivity contribution in [2.75, 3.05) is 5.43 Å². The van der Waals surface area contributed by atoms with E-state index in [1.54, 1.807) is 30.1 Å². The summed E-state index contributed by atoms with van der Waals surface area (Å²) in [6.45, 7) is 0. The van der Waals surface area contributed by atoms with Gasteiger partial charge >= 0.3 is 0 Å². The summed E-state index contributed by atoms with van der Waals surface area (Å²) < 4.78 is 0. The predicted octanol–water partition coefficient (Wildman–Crippen LogP) is 3.02. The number of fused-ring (bicyclic) bond motifs is 3. The molecule has 0 spiro atoms. The van der Waals surface area contributed by atoms with Crippen molar-refractivity contribution in [1.29, 1.82) is 0 Å². The number of aryl methyl sites for hydroxylation is 2. The van der Waals surface area contributed by atoms with Gasteiger partial charge in [-0.3, -0.25) is 10.4 Å². The zero-order valence-electron chi connectivity index (χ0n) is 11.3. The van der Waals surface area contributed by atoms with Crippen molar-refractivity contribution in [1.82, 2.24) is 15.0 Å². The predicted molar refractivity (Wildman–Crippen MR) is 84.9 cm³/mol. The number of thiophene rings is 1. The Morgan fingerprint density at radius 1 is 1.19 bits per heavy atom. The number of anilines is 1. The lowest BCUT2D eigenvalue weighted by molar-refractivity contribution is 0.917. The standard InChI is InChI=1S/C15H13N5S/c1-2-7-16-10(4-1)8-19-20-14-13-11-5-3-6-12(11)21-15(13)18-9-17-14/h1-2,4,7-9H,3,5-6H2,(H,17,18,20)/b19-8-. The van der Waals surface area contributed by atoms with Crippen LogP contribution in [0.4, 0.5) is 5.82 Å². The largest absolute Gasteiger partial charge is 0.261 e. The van der Waals surface area contributed by atoms with E-state index in [0.29, 0.717) is 0 Å². The minimum absolute atomic E-state index is 0.784. The van der Waals surface area contributed by atoms with E-state index >= 15 is 0 Å². The maximum Gasteiger partial charge on any atom is 0.158 e. The van der Waals surface area contributed by atoms with Gasteiger partial charge in [0.2, 0.25) is 0 Å².